The second kappa shape index (κ2) is 17.5. The van der Waals surface area contributed by atoms with Crippen LogP contribution in [0.4, 0.5) is 0 Å². The van der Waals surface area contributed by atoms with Crippen LogP contribution in [0.5, 0.6) is 0 Å². The van der Waals surface area contributed by atoms with E-state index < -0.39 is 0 Å². The Morgan fingerprint density at radius 3 is 1.96 bits per heavy atom. The van der Waals surface area contributed by atoms with Crippen LogP contribution in [-0.4, -0.2) is 17.6 Å². The molecule has 3 N–H and O–H groups in total. The molecular formula is C20H39NO2. The van der Waals surface area contributed by atoms with Crippen LogP contribution >= 0.6 is 0 Å². The maximum absolute atomic E-state index is 10.6. The number of carbonyl (C=O) groups excluding carboxylic acids is 1. The van der Waals surface area contributed by atoms with E-state index in [1.54, 1.807) is 0 Å². The molecule has 136 valence electrons. The molecule has 0 aliphatic heterocycles. The van der Waals surface area contributed by atoms with Gasteiger partial charge < -0.3 is 10.8 Å². The fraction of sp³-hybridized carbons (Fsp3) is 0.850. The maximum atomic E-state index is 10.6. The topological polar surface area (TPSA) is 63.3 Å². The molecule has 3 nitrogen and oxygen atoms in total. The largest absolute Gasteiger partial charge is 0.396 e. The van der Waals surface area contributed by atoms with Gasteiger partial charge in [-0.3, -0.25) is 4.79 Å². The Labute approximate surface area is 143 Å². The first-order valence-corrected chi connectivity index (χ1v) is 9.74. The Kier molecular flexibility index (Phi) is 16.9. The van der Waals surface area contributed by atoms with Gasteiger partial charge in [0.25, 0.3) is 0 Å². The first kappa shape index (κ1) is 22.2. The summed E-state index contributed by atoms with van der Waals surface area (Å²) in [4.78, 5) is 10.6. The summed E-state index contributed by atoms with van der Waals surface area (Å²) >= 11 is 0. The van der Waals surface area contributed by atoms with Crippen LogP contribution in [0.2, 0.25) is 0 Å². The van der Waals surface area contributed by atoms with E-state index in [4.69, 9.17) is 10.8 Å². The highest BCUT2D eigenvalue weighted by Gasteiger charge is 2.03. The summed E-state index contributed by atoms with van der Waals surface area (Å²) in [5.74, 6) is 0.345. The molecule has 1 atom stereocenters. The Hall–Kier alpha value is -0.830. The van der Waals surface area contributed by atoms with E-state index in [2.05, 4.69) is 19.1 Å². The number of hydrogen-bond donors (Lipinski definition) is 2. The Balaban J connectivity index is 3.18. The molecule has 0 aromatic carbocycles. The molecule has 0 fully saturated rings. The lowest BCUT2D eigenvalue weighted by atomic mass is 9.99. The van der Waals surface area contributed by atoms with Gasteiger partial charge in [-0.05, 0) is 44.4 Å². The summed E-state index contributed by atoms with van der Waals surface area (Å²) in [5, 5.41) is 9.12. The standard InChI is InChI=1S/C20H39NO2/c1-2-19(18-22)16-14-12-10-8-6-4-3-5-7-9-11-13-15-17-20(21)23/h3-4,19,22H,2,5-18H2,1H3,(H2,21,23)/b4-3+. The van der Waals surface area contributed by atoms with Crippen molar-refractivity contribution in [2.45, 2.75) is 96.8 Å². The predicted octanol–water partition coefficient (Wildman–Crippen LogP) is 5.12. The van der Waals surface area contributed by atoms with Gasteiger partial charge in [-0.25, -0.2) is 0 Å². The van der Waals surface area contributed by atoms with E-state index in [1.807, 2.05) is 0 Å². The number of rotatable bonds is 17. The van der Waals surface area contributed by atoms with Gasteiger partial charge in [0.05, 0.1) is 0 Å². The zero-order chi connectivity index (χ0) is 17.2. The number of allylic oxidation sites excluding steroid dienone is 2. The molecule has 0 saturated heterocycles. The van der Waals surface area contributed by atoms with Gasteiger partial charge in [0.1, 0.15) is 0 Å². The number of aliphatic hydroxyl groups is 1. The third kappa shape index (κ3) is 17.4. The average Bonchev–Trinajstić information content (AvgIpc) is 2.54. The van der Waals surface area contributed by atoms with Gasteiger partial charge in [-0.15, -0.1) is 0 Å². The Morgan fingerprint density at radius 1 is 0.913 bits per heavy atom. The molecule has 0 radical (unpaired) electrons. The molecule has 0 spiro atoms. The molecule has 0 aromatic rings. The van der Waals surface area contributed by atoms with Crippen molar-refractivity contribution in [3.05, 3.63) is 12.2 Å². The second-order valence-corrected chi connectivity index (χ2v) is 6.69. The van der Waals surface area contributed by atoms with Crippen LogP contribution in [0, 0.1) is 5.92 Å². The molecule has 3 heteroatoms. The van der Waals surface area contributed by atoms with E-state index in [0.717, 1.165) is 19.3 Å². The predicted molar refractivity (Wildman–Crippen MR) is 99.2 cm³/mol. The molecule has 0 aliphatic carbocycles. The van der Waals surface area contributed by atoms with E-state index in [0.29, 0.717) is 18.9 Å². The third-order valence-corrected chi connectivity index (χ3v) is 4.53. The summed E-state index contributed by atoms with van der Waals surface area (Å²) < 4.78 is 0. The molecule has 1 amide bonds. The van der Waals surface area contributed by atoms with Crippen LogP contribution in [0.15, 0.2) is 12.2 Å². The first-order valence-electron chi connectivity index (χ1n) is 9.74. The highest BCUT2D eigenvalue weighted by molar-refractivity contribution is 5.73. The van der Waals surface area contributed by atoms with E-state index in [-0.39, 0.29) is 5.91 Å². The zero-order valence-corrected chi connectivity index (χ0v) is 15.3. The number of hydrogen-bond acceptors (Lipinski definition) is 2. The van der Waals surface area contributed by atoms with E-state index in [1.165, 1.54) is 64.2 Å². The molecule has 0 rings (SSSR count). The highest BCUT2D eigenvalue weighted by atomic mass is 16.3. The molecule has 0 heterocycles. The number of primary amides is 1. The van der Waals surface area contributed by atoms with Crippen molar-refractivity contribution >= 4 is 5.91 Å². The van der Waals surface area contributed by atoms with E-state index in [9.17, 15) is 4.79 Å². The van der Waals surface area contributed by atoms with Crippen LogP contribution in [0.1, 0.15) is 96.8 Å². The van der Waals surface area contributed by atoms with Gasteiger partial charge >= 0.3 is 0 Å². The van der Waals surface area contributed by atoms with Gasteiger partial charge in [-0.1, -0.05) is 64.0 Å². The van der Waals surface area contributed by atoms with Gasteiger partial charge in [0.15, 0.2) is 0 Å². The minimum absolute atomic E-state index is 0.175. The molecule has 23 heavy (non-hydrogen) atoms. The lowest BCUT2D eigenvalue weighted by Gasteiger charge is -2.10. The summed E-state index contributed by atoms with van der Waals surface area (Å²) in [6, 6.07) is 0. The molecule has 0 bridgehead atoms. The number of nitrogens with two attached hydrogens (primary N) is 1. The minimum atomic E-state index is -0.175. The summed E-state index contributed by atoms with van der Waals surface area (Å²) in [7, 11) is 0. The van der Waals surface area contributed by atoms with Crippen molar-refractivity contribution in [3.8, 4) is 0 Å². The fourth-order valence-corrected chi connectivity index (χ4v) is 2.80. The summed E-state index contributed by atoms with van der Waals surface area (Å²) in [6.07, 6.45) is 20.8. The molecule has 0 aromatic heterocycles. The van der Waals surface area contributed by atoms with Gasteiger partial charge in [-0.2, -0.15) is 0 Å². The summed E-state index contributed by atoms with van der Waals surface area (Å²) in [6.45, 7) is 2.51. The smallest absolute Gasteiger partial charge is 0.217 e. The monoisotopic (exact) mass is 325 g/mol. The van der Waals surface area contributed by atoms with Crippen molar-refractivity contribution in [2.75, 3.05) is 6.61 Å². The summed E-state index contributed by atoms with van der Waals surface area (Å²) in [5.41, 5.74) is 5.11. The van der Waals surface area contributed by atoms with Crippen molar-refractivity contribution in [1.82, 2.24) is 0 Å². The number of aliphatic hydroxyl groups excluding tert-OH is 1. The average molecular weight is 326 g/mol. The van der Waals surface area contributed by atoms with Crippen molar-refractivity contribution in [2.24, 2.45) is 11.7 Å². The molecular weight excluding hydrogens is 286 g/mol. The molecule has 0 aliphatic rings. The van der Waals surface area contributed by atoms with Crippen LogP contribution in [0.25, 0.3) is 0 Å². The fourth-order valence-electron chi connectivity index (χ4n) is 2.80. The lowest BCUT2D eigenvalue weighted by molar-refractivity contribution is -0.118. The van der Waals surface area contributed by atoms with Crippen molar-refractivity contribution in [3.63, 3.8) is 0 Å². The van der Waals surface area contributed by atoms with Crippen LogP contribution < -0.4 is 5.73 Å². The normalized spacial score (nSPS) is 12.8. The third-order valence-electron chi connectivity index (χ3n) is 4.53. The SMILES string of the molecule is CCC(CO)CCCCCC/C=C/CCCCCCCC(N)=O. The van der Waals surface area contributed by atoms with Crippen molar-refractivity contribution in [1.29, 1.82) is 0 Å². The van der Waals surface area contributed by atoms with Crippen molar-refractivity contribution < 1.29 is 9.90 Å². The zero-order valence-electron chi connectivity index (χ0n) is 15.3. The minimum Gasteiger partial charge on any atom is -0.396 e. The highest BCUT2D eigenvalue weighted by Crippen LogP contribution is 2.14. The molecule has 1 unspecified atom stereocenters. The van der Waals surface area contributed by atoms with Crippen LogP contribution in [0.3, 0.4) is 0 Å². The molecule has 0 saturated carbocycles. The maximum Gasteiger partial charge on any atom is 0.217 e. The second-order valence-electron chi connectivity index (χ2n) is 6.69. The van der Waals surface area contributed by atoms with Crippen LogP contribution in [-0.2, 0) is 4.79 Å². The Bertz CT molecular complexity index is 285. The number of carbonyl (C=O) groups is 1. The van der Waals surface area contributed by atoms with Gasteiger partial charge in [0, 0.05) is 13.0 Å². The van der Waals surface area contributed by atoms with E-state index >= 15 is 0 Å². The number of amides is 1. The quantitative estimate of drug-likeness (QED) is 0.288. The number of unbranched alkanes of at least 4 members (excludes halogenated alkanes) is 9. The Morgan fingerprint density at radius 2 is 1.43 bits per heavy atom. The van der Waals surface area contributed by atoms with Gasteiger partial charge in [0.2, 0.25) is 5.91 Å². The first-order chi connectivity index (χ1) is 11.2. The lowest BCUT2D eigenvalue weighted by Crippen LogP contribution is -2.09.